The molecular weight excluding hydrogens is 548 g/mol. The van der Waals surface area contributed by atoms with Gasteiger partial charge < -0.3 is 14.9 Å². The highest BCUT2D eigenvalue weighted by Crippen LogP contribution is 2.50. The van der Waals surface area contributed by atoms with E-state index in [9.17, 15) is 33.0 Å². The third kappa shape index (κ3) is 4.53. The van der Waals surface area contributed by atoms with Gasteiger partial charge in [-0.15, -0.1) is 0 Å². The van der Waals surface area contributed by atoms with Gasteiger partial charge in [-0.2, -0.15) is 13.2 Å². The molecule has 12 heteroatoms. The molecule has 0 aliphatic rings. The lowest BCUT2D eigenvalue weighted by molar-refractivity contribution is -0.274. The molecule has 0 aliphatic carbocycles. The minimum atomic E-state index is -5.12. The van der Waals surface area contributed by atoms with Crippen molar-refractivity contribution in [1.82, 2.24) is 9.13 Å². The van der Waals surface area contributed by atoms with Crippen molar-refractivity contribution in [3.63, 3.8) is 0 Å². The molecule has 1 aromatic heterocycles. The Labute approximate surface area is 224 Å². The van der Waals surface area contributed by atoms with Crippen LogP contribution in [0.3, 0.4) is 0 Å². The molecule has 38 heavy (non-hydrogen) atoms. The monoisotopic (exact) mass is 568 g/mol. The third-order valence-corrected chi connectivity index (χ3v) is 7.17. The Bertz CT molecular complexity index is 1630. The van der Waals surface area contributed by atoms with Gasteiger partial charge in [-0.05, 0) is 53.6 Å². The van der Waals surface area contributed by atoms with Gasteiger partial charge in [0.2, 0.25) is 0 Å². The average Bonchev–Trinajstić information content (AvgIpc) is 3.07. The van der Waals surface area contributed by atoms with Crippen molar-refractivity contribution < 1.29 is 32.9 Å². The van der Waals surface area contributed by atoms with E-state index < -0.39 is 34.9 Å². The highest BCUT2D eigenvalue weighted by Gasteiger charge is 2.59. The maximum absolute atomic E-state index is 14.5. The molecule has 0 aliphatic heterocycles. The van der Waals surface area contributed by atoms with E-state index in [-0.39, 0.29) is 38.2 Å². The molecule has 0 radical (unpaired) electrons. The summed E-state index contributed by atoms with van der Waals surface area (Å²) in [6, 6.07) is 11.4. The van der Waals surface area contributed by atoms with E-state index in [0.717, 1.165) is 12.1 Å². The molecule has 2 N–H and O–H groups in total. The fourth-order valence-corrected chi connectivity index (χ4v) is 4.94. The summed E-state index contributed by atoms with van der Waals surface area (Å²) in [5, 5.41) is 20.7. The number of aliphatic hydroxyl groups is 1. The average molecular weight is 569 g/mol. The molecule has 2 atom stereocenters. The number of benzene rings is 3. The summed E-state index contributed by atoms with van der Waals surface area (Å²) < 4.78 is 51.6. The normalized spacial score (nSPS) is 14.3. The minimum Gasteiger partial charge on any atom is -0.478 e. The van der Waals surface area contributed by atoms with Crippen LogP contribution in [0.25, 0.3) is 11.0 Å². The van der Waals surface area contributed by atoms with Crippen LogP contribution >= 0.6 is 23.2 Å². The van der Waals surface area contributed by atoms with Gasteiger partial charge in [0, 0.05) is 30.1 Å². The zero-order valence-electron chi connectivity index (χ0n) is 20.2. The number of ether oxygens (including phenoxy) is 1. The molecule has 7 nitrogen and oxygen atoms in total. The van der Waals surface area contributed by atoms with Gasteiger partial charge in [-0.1, -0.05) is 42.3 Å². The summed E-state index contributed by atoms with van der Waals surface area (Å²) in [6.07, 6.45) is -5.12. The second-order valence-corrected chi connectivity index (χ2v) is 9.66. The molecule has 4 rings (SSSR count). The van der Waals surface area contributed by atoms with Gasteiger partial charge in [0.15, 0.2) is 5.60 Å². The van der Waals surface area contributed by atoms with Gasteiger partial charge in [-0.25, -0.2) is 9.59 Å². The van der Waals surface area contributed by atoms with Crippen LogP contribution in [0.1, 0.15) is 34.3 Å². The van der Waals surface area contributed by atoms with Crippen LogP contribution in [-0.2, 0) is 19.7 Å². The summed E-state index contributed by atoms with van der Waals surface area (Å²) in [6.45, 7) is 1.19. The summed E-state index contributed by atoms with van der Waals surface area (Å²) in [5.74, 6) is -2.87. The molecule has 0 saturated carbocycles. The topological polar surface area (TPSA) is 93.7 Å². The minimum absolute atomic E-state index is 0.0320. The molecular formula is C26H21Cl2F3N2O5. The number of aromatic carboxylic acids is 1. The lowest BCUT2D eigenvalue weighted by Gasteiger charge is -2.37. The van der Waals surface area contributed by atoms with Crippen LogP contribution in [-0.4, -0.2) is 31.5 Å². The Kier molecular flexibility index (Phi) is 7.02. The van der Waals surface area contributed by atoms with Crippen LogP contribution < -0.4 is 10.4 Å². The number of rotatable bonds is 6. The smallest absolute Gasteiger partial charge is 0.422 e. The van der Waals surface area contributed by atoms with Crippen molar-refractivity contribution in [2.45, 2.75) is 24.6 Å². The van der Waals surface area contributed by atoms with Gasteiger partial charge >= 0.3 is 17.8 Å². The number of aryl methyl sites for hydroxylation is 2. The van der Waals surface area contributed by atoms with Crippen molar-refractivity contribution in [2.75, 3.05) is 0 Å². The number of carboxylic acid groups (broad SMARTS) is 1. The quantitative estimate of drug-likeness (QED) is 0.287. The number of nitrogens with zero attached hydrogens (tertiary/aromatic N) is 2. The first-order valence-corrected chi connectivity index (χ1v) is 11.9. The molecule has 0 spiro atoms. The summed E-state index contributed by atoms with van der Waals surface area (Å²) in [7, 11) is 2.92. The lowest BCUT2D eigenvalue weighted by atomic mass is 9.77. The fourth-order valence-electron chi connectivity index (χ4n) is 4.44. The van der Waals surface area contributed by atoms with Crippen molar-refractivity contribution in [2.24, 2.45) is 14.1 Å². The van der Waals surface area contributed by atoms with Gasteiger partial charge in [-0.3, -0.25) is 9.13 Å². The standard InChI is InChI=1S/C26H21Cl2F3N2O5/c1-13(17-7-6-16(12-19(17)28)38-22-9-5-15(27)11-18(22)23(34)35)25(37,26(29,30)31)14-4-8-20-21(10-14)33(3)24(36)32(20)2/h4-13,37H,1-3H3,(H,34,35)/t13-,25-/m1/s1. The predicted octanol–water partition coefficient (Wildman–Crippen LogP) is 6.23. The molecule has 0 fully saturated rings. The van der Waals surface area contributed by atoms with Gasteiger partial charge in [0.25, 0.3) is 0 Å². The summed E-state index contributed by atoms with van der Waals surface area (Å²) in [4.78, 5) is 23.8. The number of hydrogen-bond acceptors (Lipinski definition) is 4. The van der Waals surface area contributed by atoms with Crippen LogP contribution in [0.5, 0.6) is 11.5 Å². The zero-order chi connectivity index (χ0) is 28.2. The van der Waals surface area contributed by atoms with E-state index in [1.165, 1.54) is 72.6 Å². The summed E-state index contributed by atoms with van der Waals surface area (Å²) >= 11 is 12.2. The van der Waals surface area contributed by atoms with Gasteiger partial charge in [0.05, 0.1) is 11.0 Å². The van der Waals surface area contributed by atoms with E-state index in [0.29, 0.717) is 5.52 Å². The van der Waals surface area contributed by atoms with Crippen LogP contribution in [0.2, 0.25) is 10.0 Å². The Hall–Kier alpha value is -3.47. The van der Waals surface area contributed by atoms with E-state index in [1.807, 2.05) is 0 Å². The first kappa shape index (κ1) is 27.6. The molecule has 200 valence electrons. The van der Waals surface area contributed by atoms with E-state index in [1.54, 1.807) is 0 Å². The highest BCUT2D eigenvalue weighted by molar-refractivity contribution is 6.31. The first-order valence-electron chi connectivity index (χ1n) is 11.1. The SMILES string of the molecule is C[C@H](c1ccc(Oc2ccc(Cl)cc2C(=O)O)cc1Cl)[C@@](O)(c1ccc2c(c1)n(C)c(=O)n2C)C(F)(F)F. The van der Waals surface area contributed by atoms with E-state index >= 15 is 0 Å². The molecule has 0 bridgehead atoms. The lowest BCUT2D eigenvalue weighted by Crippen LogP contribution is -2.46. The number of imidazole rings is 1. The molecule has 3 aromatic carbocycles. The number of halogens is 5. The fraction of sp³-hybridized carbons (Fsp3) is 0.231. The molecule has 0 saturated heterocycles. The Morgan fingerprint density at radius 1 is 0.974 bits per heavy atom. The molecule has 4 aromatic rings. The largest absolute Gasteiger partial charge is 0.478 e. The number of fused-ring (bicyclic) bond motifs is 1. The van der Waals surface area contributed by atoms with Crippen molar-refractivity contribution >= 4 is 40.2 Å². The van der Waals surface area contributed by atoms with E-state index in [4.69, 9.17) is 27.9 Å². The van der Waals surface area contributed by atoms with Crippen LogP contribution in [0.15, 0.2) is 59.4 Å². The van der Waals surface area contributed by atoms with Crippen LogP contribution in [0, 0.1) is 0 Å². The van der Waals surface area contributed by atoms with Crippen molar-refractivity contribution in [1.29, 1.82) is 0 Å². The van der Waals surface area contributed by atoms with Crippen molar-refractivity contribution in [3.05, 3.63) is 91.8 Å². The predicted molar refractivity (Wildman–Crippen MR) is 136 cm³/mol. The number of hydrogen-bond donors (Lipinski definition) is 2. The Balaban J connectivity index is 1.76. The Morgan fingerprint density at radius 2 is 1.63 bits per heavy atom. The molecule has 1 heterocycles. The van der Waals surface area contributed by atoms with Crippen molar-refractivity contribution in [3.8, 4) is 11.5 Å². The molecule has 0 amide bonds. The Morgan fingerprint density at radius 3 is 2.24 bits per heavy atom. The zero-order valence-corrected chi connectivity index (χ0v) is 21.7. The third-order valence-electron chi connectivity index (χ3n) is 6.61. The van der Waals surface area contributed by atoms with Crippen LogP contribution in [0.4, 0.5) is 13.2 Å². The maximum atomic E-state index is 14.5. The number of alkyl halides is 3. The number of carboxylic acids is 1. The summed E-state index contributed by atoms with van der Waals surface area (Å²) in [5.41, 5.74) is -3.89. The van der Waals surface area contributed by atoms with Gasteiger partial charge in [0.1, 0.15) is 17.1 Å². The second-order valence-electron chi connectivity index (χ2n) is 8.82. The highest BCUT2D eigenvalue weighted by atomic mass is 35.5. The maximum Gasteiger partial charge on any atom is 0.422 e. The number of aromatic nitrogens is 2. The first-order chi connectivity index (χ1) is 17.7. The number of carbonyl (C=O) groups is 1. The van der Waals surface area contributed by atoms with E-state index in [2.05, 4.69) is 0 Å². The molecule has 0 unspecified atom stereocenters. The second kappa shape index (κ2) is 9.68.